The number of thioether (sulfide) groups is 1. The first-order valence-corrected chi connectivity index (χ1v) is 9.64. The molecular formula is C21H19NO4S2. The van der Waals surface area contributed by atoms with E-state index in [4.69, 9.17) is 26.4 Å². The number of carbonyl (C=O) groups excluding carboxylic acids is 1. The number of rotatable bonds is 7. The molecule has 2 aromatic carbocycles. The largest absolute Gasteiger partial charge is 0.497 e. The van der Waals surface area contributed by atoms with Crippen LogP contribution in [-0.2, 0) is 4.79 Å². The minimum atomic E-state index is -0.211. The molecule has 1 heterocycles. The summed E-state index contributed by atoms with van der Waals surface area (Å²) in [6, 6.07) is 12.7. The topological polar surface area (TPSA) is 48.0 Å². The lowest BCUT2D eigenvalue weighted by atomic mass is 10.2. The van der Waals surface area contributed by atoms with Crippen LogP contribution >= 0.6 is 24.0 Å². The predicted molar refractivity (Wildman–Crippen MR) is 117 cm³/mol. The zero-order chi connectivity index (χ0) is 20.1. The van der Waals surface area contributed by atoms with Gasteiger partial charge in [-0.15, -0.1) is 0 Å². The Hall–Kier alpha value is -2.77. The molecular weight excluding hydrogens is 394 g/mol. The van der Waals surface area contributed by atoms with E-state index in [1.807, 2.05) is 24.3 Å². The molecule has 0 bridgehead atoms. The molecule has 1 saturated heterocycles. The van der Waals surface area contributed by atoms with Crippen LogP contribution in [0.15, 0.2) is 60.0 Å². The van der Waals surface area contributed by atoms with Gasteiger partial charge >= 0.3 is 0 Å². The average molecular weight is 414 g/mol. The van der Waals surface area contributed by atoms with E-state index >= 15 is 0 Å². The van der Waals surface area contributed by atoms with Crippen LogP contribution in [0.5, 0.6) is 17.2 Å². The third-order valence-corrected chi connectivity index (χ3v) is 5.29. The number of benzene rings is 2. The summed E-state index contributed by atoms with van der Waals surface area (Å²) >= 11 is 6.70. The van der Waals surface area contributed by atoms with E-state index in [2.05, 4.69) is 6.58 Å². The molecule has 5 nitrogen and oxygen atoms in total. The van der Waals surface area contributed by atoms with Gasteiger partial charge in [0.2, 0.25) is 0 Å². The van der Waals surface area contributed by atoms with Gasteiger partial charge in [0.15, 0.2) is 4.32 Å². The first kappa shape index (κ1) is 20.0. The molecule has 7 heteroatoms. The standard InChI is InChI=1S/C21H19NO4S2/c1-4-11-26-17-8-6-5-7-14(17)12-19-20(23)22(21(27)28-19)16-10-9-15(24-2)13-18(16)25-3/h4-10,12-13H,1,11H2,2-3H3/b19-12-. The third kappa shape index (κ3) is 4.05. The van der Waals surface area contributed by atoms with Crippen LogP contribution < -0.4 is 19.1 Å². The zero-order valence-corrected chi connectivity index (χ0v) is 17.1. The van der Waals surface area contributed by atoms with Gasteiger partial charge in [0.1, 0.15) is 23.9 Å². The van der Waals surface area contributed by atoms with Crippen LogP contribution in [0.3, 0.4) is 0 Å². The van der Waals surface area contributed by atoms with E-state index in [0.717, 1.165) is 5.56 Å². The van der Waals surface area contributed by atoms with Crippen molar-refractivity contribution in [1.82, 2.24) is 0 Å². The first-order chi connectivity index (χ1) is 13.6. The van der Waals surface area contributed by atoms with Gasteiger partial charge in [-0.2, -0.15) is 0 Å². The van der Waals surface area contributed by atoms with E-state index in [0.29, 0.717) is 38.8 Å². The number of methoxy groups -OCH3 is 2. The minimum absolute atomic E-state index is 0.211. The fourth-order valence-corrected chi connectivity index (χ4v) is 3.94. The smallest absolute Gasteiger partial charge is 0.270 e. The summed E-state index contributed by atoms with van der Waals surface area (Å²) in [4.78, 5) is 15.1. The second kappa shape index (κ2) is 8.95. The van der Waals surface area contributed by atoms with Crippen molar-refractivity contribution in [1.29, 1.82) is 0 Å². The highest BCUT2D eigenvalue weighted by Gasteiger charge is 2.35. The van der Waals surface area contributed by atoms with Crippen LogP contribution in [0, 0.1) is 0 Å². The summed E-state index contributed by atoms with van der Waals surface area (Å²) < 4.78 is 16.7. The Balaban J connectivity index is 1.95. The molecule has 0 radical (unpaired) electrons. The van der Waals surface area contributed by atoms with Gasteiger partial charge in [0.05, 0.1) is 24.8 Å². The molecule has 1 aliphatic rings. The molecule has 0 saturated carbocycles. The number of amides is 1. The molecule has 0 atom stereocenters. The van der Waals surface area contributed by atoms with Crippen molar-refractivity contribution >= 4 is 46.0 Å². The van der Waals surface area contributed by atoms with Crippen LogP contribution in [0.4, 0.5) is 5.69 Å². The summed E-state index contributed by atoms with van der Waals surface area (Å²) in [5, 5.41) is 0. The van der Waals surface area contributed by atoms with Crippen molar-refractivity contribution in [3.05, 3.63) is 65.6 Å². The van der Waals surface area contributed by atoms with Crippen molar-refractivity contribution in [2.45, 2.75) is 0 Å². The number of anilines is 1. The van der Waals surface area contributed by atoms with Crippen LogP contribution in [-0.4, -0.2) is 31.1 Å². The summed E-state index contributed by atoms with van der Waals surface area (Å²) in [5.41, 5.74) is 1.37. The molecule has 3 rings (SSSR count). The zero-order valence-electron chi connectivity index (χ0n) is 15.5. The van der Waals surface area contributed by atoms with E-state index in [9.17, 15) is 4.79 Å². The van der Waals surface area contributed by atoms with E-state index < -0.39 is 0 Å². The number of thiocarbonyl (C=S) groups is 1. The lowest BCUT2D eigenvalue weighted by Crippen LogP contribution is -2.27. The average Bonchev–Trinajstić information content (AvgIpc) is 2.99. The minimum Gasteiger partial charge on any atom is -0.497 e. The molecule has 0 unspecified atom stereocenters. The van der Waals surface area contributed by atoms with Crippen LogP contribution in [0.25, 0.3) is 6.08 Å². The van der Waals surface area contributed by atoms with Gasteiger partial charge in [-0.1, -0.05) is 54.8 Å². The lowest BCUT2D eigenvalue weighted by Gasteiger charge is -2.18. The molecule has 1 aliphatic heterocycles. The van der Waals surface area contributed by atoms with Gasteiger partial charge in [0.25, 0.3) is 5.91 Å². The molecule has 0 N–H and O–H groups in total. The van der Waals surface area contributed by atoms with Crippen molar-refractivity contribution < 1.29 is 19.0 Å². The maximum absolute atomic E-state index is 13.1. The number of carbonyl (C=O) groups is 1. The summed E-state index contributed by atoms with van der Waals surface area (Å²) in [7, 11) is 3.11. The number of para-hydroxylation sites is 1. The highest BCUT2D eigenvalue weighted by molar-refractivity contribution is 8.27. The van der Waals surface area contributed by atoms with Crippen LogP contribution in [0.1, 0.15) is 5.56 Å². The Morgan fingerprint density at radius 2 is 1.93 bits per heavy atom. The maximum atomic E-state index is 13.1. The quantitative estimate of drug-likeness (QED) is 0.373. The monoisotopic (exact) mass is 413 g/mol. The molecule has 144 valence electrons. The Bertz CT molecular complexity index is 955. The Morgan fingerprint density at radius 3 is 2.64 bits per heavy atom. The molecule has 0 spiro atoms. The fraction of sp³-hybridized carbons (Fsp3) is 0.143. The Kier molecular flexibility index (Phi) is 6.38. The van der Waals surface area contributed by atoms with E-state index in [-0.39, 0.29) is 5.91 Å². The number of ether oxygens (including phenoxy) is 3. The molecule has 0 aliphatic carbocycles. The molecule has 1 amide bonds. The molecule has 0 aromatic heterocycles. The van der Waals surface area contributed by atoms with Crippen molar-refractivity contribution in [3.8, 4) is 17.2 Å². The molecule has 2 aromatic rings. The Morgan fingerprint density at radius 1 is 1.14 bits per heavy atom. The van der Waals surface area contributed by atoms with Crippen molar-refractivity contribution in [2.75, 3.05) is 25.7 Å². The van der Waals surface area contributed by atoms with Gasteiger partial charge in [-0.25, -0.2) is 0 Å². The number of hydrogen-bond donors (Lipinski definition) is 0. The third-order valence-electron chi connectivity index (χ3n) is 3.98. The second-order valence-electron chi connectivity index (χ2n) is 5.69. The maximum Gasteiger partial charge on any atom is 0.270 e. The summed E-state index contributed by atoms with van der Waals surface area (Å²) in [5.74, 6) is 1.60. The number of hydrogen-bond acceptors (Lipinski definition) is 6. The SMILES string of the molecule is C=CCOc1ccccc1/C=C1\SC(=S)N(c2ccc(OC)cc2OC)C1=O. The van der Waals surface area contributed by atoms with Crippen LogP contribution in [0.2, 0.25) is 0 Å². The van der Waals surface area contributed by atoms with E-state index in [1.54, 1.807) is 44.6 Å². The fourth-order valence-electron chi connectivity index (χ4n) is 2.67. The van der Waals surface area contributed by atoms with E-state index in [1.165, 1.54) is 16.7 Å². The van der Waals surface area contributed by atoms with Gasteiger partial charge in [-0.05, 0) is 24.3 Å². The predicted octanol–water partition coefficient (Wildman–Crippen LogP) is 4.67. The second-order valence-corrected chi connectivity index (χ2v) is 7.37. The highest BCUT2D eigenvalue weighted by Crippen LogP contribution is 2.41. The highest BCUT2D eigenvalue weighted by atomic mass is 32.2. The van der Waals surface area contributed by atoms with Gasteiger partial charge in [-0.3, -0.25) is 9.69 Å². The lowest BCUT2D eigenvalue weighted by molar-refractivity contribution is -0.113. The molecule has 28 heavy (non-hydrogen) atoms. The first-order valence-electron chi connectivity index (χ1n) is 8.41. The number of nitrogens with zero attached hydrogens (tertiary/aromatic N) is 1. The molecule has 1 fully saturated rings. The van der Waals surface area contributed by atoms with Crippen molar-refractivity contribution in [2.24, 2.45) is 0 Å². The van der Waals surface area contributed by atoms with Crippen molar-refractivity contribution in [3.63, 3.8) is 0 Å². The van der Waals surface area contributed by atoms with Gasteiger partial charge in [0, 0.05) is 11.6 Å². The van der Waals surface area contributed by atoms with Gasteiger partial charge < -0.3 is 14.2 Å². The Labute approximate surface area is 173 Å². The summed E-state index contributed by atoms with van der Waals surface area (Å²) in [6.07, 6.45) is 3.46. The normalized spacial score (nSPS) is 15.1. The summed E-state index contributed by atoms with van der Waals surface area (Å²) in [6.45, 7) is 4.04.